The summed E-state index contributed by atoms with van der Waals surface area (Å²) in [6.07, 6.45) is -2.30. The first-order valence-corrected chi connectivity index (χ1v) is 29.0. The summed E-state index contributed by atoms with van der Waals surface area (Å²) in [5, 5.41) is 63.0. The third kappa shape index (κ3) is 15.3. The molecule has 3 aliphatic rings. The number of methoxy groups -OCH3 is 1. The van der Waals surface area contributed by atoms with Crippen LogP contribution in [0.3, 0.4) is 0 Å². The van der Waals surface area contributed by atoms with Gasteiger partial charge in [-0.3, -0.25) is 24.5 Å². The van der Waals surface area contributed by atoms with Crippen molar-refractivity contribution in [2.75, 3.05) is 80.2 Å². The van der Waals surface area contributed by atoms with Crippen LogP contribution in [0.4, 0.5) is 0 Å². The van der Waals surface area contributed by atoms with E-state index in [1.807, 2.05) is 49.5 Å². The summed E-state index contributed by atoms with van der Waals surface area (Å²) in [5.41, 5.74) is 5.17. The van der Waals surface area contributed by atoms with Crippen molar-refractivity contribution in [2.45, 2.75) is 75.8 Å². The van der Waals surface area contributed by atoms with E-state index in [2.05, 4.69) is 51.9 Å². The molecule has 1 heterocycles. The number of benzene rings is 6. The fourth-order valence-electron chi connectivity index (χ4n) is 11.1. The lowest BCUT2D eigenvalue weighted by atomic mass is 9.73. The zero-order valence-electron chi connectivity index (χ0n) is 49.1. The number of fused-ring (bicyclic) bond motifs is 3. The molecule has 1 saturated heterocycles. The monoisotopic (exact) mass is 1190 g/mol. The third-order valence-electron chi connectivity index (χ3n) is 15.8. The molecule has 6 atom stereocenters. The summed E-state index contributed by atoms with van der Waals surface area (Å²) in [6.45, 7) is 6.26. The van der Waals surface area contributed by atoms with Gasteiger partial charge in [0.2, 0.25) is 0 Å². The van der Waals surface area contributed by atoms with Crippen molar-refractivity contribution in [3.8, 4) is 23.0 Å². The Kier molecular flexibility index (Phi) is 21.5. The standard InChI is InChI=1S/C67H74N4O16/c1-5-49(43-10-7-6-8-11-43)61(44-15-19-47(73)20-16-44)45-17-21-48(22-18-45)84-27-25-71(3)24-26-82-28-29-83-30-31-85-70-38-42-14-23-56(74)54(32-42)66(79)69-40-68-55-35-60(86-41(2)63(55)76)87-58-37-67(80,59(75)39-72)36-46-33-52-53(34-51(46)58)65(78)62-50(64(52)77)12-9-13-57(62)81-4/h6-23,32-34,38,41,55,58,60,63,68,72-74,76,80H,5,24-31,35-37,39-40H2,1-4H3,(H,69,79)/b61-49+,70-38+/t41-,55-,58-,60-,63+,67-/m0/s1. The Hall–Kier alpha value is -8.15. The molecule has 9 rings (SSSR count). The lowest BCUT2D eigenvalue weighted by Gasteiger charge is -2.42. The normalized spacial score (nSPS) is 20.1. The number of carbonyl (C=O) groups is 4. The Morgan fingerprint density at radius 1 is 0.805 bits per heavy atom. The molecule has 0 unspecified atom stereocenters. The van der Waals surface area contributed by atoms with Crippen molar-refractivity contribution >= 4 is 40.6 Å². The van der Waals surface area contributed by atoms with Gasteiger partial charge in [0.05, 0.1) is 75.9 Å². The molecular weight excluding hydrogens is 1120 g/mol. The van der Waals surface area contributed by atoms with Crippen molar-refractivity contribution in [1.29, 1.82) is 0 Å². The fraction of sp³-hybridized carbons (Fsp3) is 0.358. The van der Waals surface area contributed by atoms with Gasteiger partial charge in [-0.05, 0) is 126 Å². The molecule has 1 amide bonds. The number of carbonyl (C=O) groups excluding carboxylic acids is 4. The minimum atomic E-state index is -2.08. The molecule has 1 aliphatic heterocycles. The third-order valence-corrected chi connectivity index (χ3v) is 15.8. The largest absolute Gasteiger partial charge is 0.508 e. The van der Waals surface area contributed by atoms with E-state index in [1.54, 1.807) is 37.3 Å². The van der Waals surface area contributed by atoms with Crippen LogP contribution in [0.1, 0.15) is 115 Å². The molecule has 2 aliphatic carbocycles. The van der Waals surface area contributed by atoms with Crippen LogP contribution in [0.5, 0.6) is 23.0 Å². The lowest BCUT2D eigenvalue weighted by molar-refractivity contribution is -0.249. The SMILES string of the molecule is CC/C(=C(/c1ccc(O)cc1)c1ccc(OCCN(C)CCOCCOCCO/N=C/c2ccc(O)c(C(=O)NCN[C@H]3C[C@H](O[C@H]4C[C@](O)(C(=O)CO)Cc5cc6c(cc54)C(=O)c4c(OC)cccc4C6=O)O[C@@H](C)[C@H]3O)c2)cc1)c1ccccc1. The predicted octanol–water partition coefficient (Wildman–Crippen LogP) is 6.78. The molecule has 458 valence electrons. The second-order valence-electron chi connectivity index (χ2n) is 21.6. The van der Waals surface area contributed by atoms with E-state index >= 15 is 0 Å². The molecule has 0 aromatic heterocycles. The van der Waals surface area contributed by atoms with Crippen molar-refractivity contribution in [2.24, 2.45) is 5.16 Å². The van der Waals surface area contributed by atoms with E-state index < -0.39 is 66.1 Å². The number of phenols is 2. The minimum absolute atomic E-state index is 0.0256. The second-order valence-corrected chi connectivity index (χ2v) is 21.6. The number of ketones is 3. The summed E-state index contributed by atoms with van der Waals surface area (Å²) in [7, 11) is 3.41. The fourth-order valence-corrected chi connectivity index (χ4v) is 11.1. The molecule has 6 aromatic carbocycles. The molecule has 0 saturated carbocycles. The maximum atomic E-state index is 14.0. The van der Waals surface area contributed by atoms with E-state index in [-0.39, 0.29) is 84.2 Å². The Morgan fingerprint density at radius 3 is 2.23 bits per heavy atom. The molecule has 0 spiro atoms. The molecule has 6 aromatic rings. The highest BCUT2D eigenvalue weighted by molar-refractivity contribution is 6.29. The number of likely N-dealkylation sites (N-methyl/N-ethyl adjacent to an activating group) is 1. The highest BCUT2D eigenvalue weighted by Crippen LogP contribution is 2.44. The Labute approximate surface area is 504 Å². The first-order chi connectivity index (χ1) is 42.1. The number of oxime groups is 1. The van der Waals surface area contributed by atoms with Gasteiger partial charge in [-0.2, -0.15) is 0 Å². The Balaban J connectivity index is 0.676. The summed E-state index contributed by atoms with van der Waals surface area (Å²) in [6, 6.07) is 37.2. The quantitative estimate of drug-likeness (QED) is 0.00875. The van der Waals surface area contributed by atoms with Gasteiger partial charge in [-0.15, -0.1) is 0 Å². The number of aliphatic hydroxyl groups excluding tert-OH is 2. The van der Waals surface area contributed by atoms with Crippen LogP contribution in [-0.2, 0) is 35.0 Å². The maximum Gasteiger partial charge on any atom is 0.256 e. The lowest BCUT2D eigenvalue weighted by Crippen LogP contribution is -2.56. The highest BCUT2D eigenvalue weighted by Gasteiger charge is 2.47. The predicted molar refractivity (Wildman–Crippen MR) is 323 cm³/mol. The number of nitrogens with one attached hydrogen (secondary N) is 2. The number of allylic oxidation sites excluding steroid dienone is 1. The van der Waals surface area contributed by atoms with Crippen LogP contribution >= 0.6 is 0 Å². The molecule has 7 N–H and O–H groups in total. The van der Waals surface area contributed by atoms with Crippen LogP contribution in [0, 0.1) is 0 Å². The smallest absolute Gasteiger partial charge is 0.256 e. The van der Waals surface area contributed by atoms with Crippen molar-refractivity contribution < 1.29 is 78.0 Å². The van der Waals surface area contributed by atoms with Crippen LogP contribution < -0.4 is 20.1 Å². The molecular formula is C67H74N4O16. The summed E-state index contributed by atoms with van der Waals surface area (Å²) in [4.78, 5) is 61.6. The molecule has 20 heteroatoms. The van der Waals surface area contributed by atoms with Gasteiger partial charge in [-0.1, -0.05) is 78.8 Å². The number of aromatic hydroxyl groups is 2. The zero-order valence-corrected chi connectivity index (χ0v) is 49.1. The summed E-state index contributed by atoms with van der Waals surface area (Å²) in [5.74, 6) is -1.41. The molecule has 0 radical (unpaired) electrons. The zero-order chi connectivity index (χ0) is 61.6. The van der Waals surface area contributed by atoms with E-state index in [0.717, 1.165) is 34.4 Å². The maximum absolute atomic E-state index is 14.0. The van der Waals surface area contributed by atoms with Gasteiger partial charge in [-0.25, -0.2) is 0 Å². The van der Waals surface area contributed by atoms with Crippen LogP contribution in [0.25, 0.3) is 11.1 Å². The van der Waals surface area contributed by atoms with Crippen LogP contribution in [0.15, 0.2) is 133 Å². The van der Waals surface area contributed by atoms with Gasteiger partial charge in [0, 0.05) is 55.1 Å². The number of phenolic OH excluding ortho intramolecular Hbond substituents is 2. The molecule has 0 bridgehead atoms. The van der Waals surface area contributed by atoms with Gasteiger partial charge < -0.3 is 69.0 Å². The first kappa shape index (κ1) is 63.4. The minimum Gasteiger partial charge on any atom is -0.508 e. The van der Waals surface area contributed by atoms with Crippen molar-refractivity contribution in [1.82, 2.24) is 15.5 Å². The molecule has 87 heavy (non-hydrogen) atoms. The Bertz CT molecular complexity index is 3450. The summed E-state index contributed by atoms with van der Waals surface area (Å²) >= 11 is 0. The van der Waals surface area contributed by atoms with E-state index in [1.165, 1.54) is 49.2 Å². The van der Waals surface area contributed by atoms with Crippen LogP contribution in [0.2, 0.25) is 0 Å². The average Bonchev–Trinajstić information content (AvgIpc) is 0.825. The number of aliphatic hydroxyl groups is 3. The number of hydrogen-bond acceptors (Lipinski definition) is 19. The van der Waals surface area contributed by atoms with Crippen LogP contribution in [-0.4, -0.2) is 170 Å². The topological polar surface area (TPSA) is 274 Å². The number of Topliss-reactive ketones (excluding diaryl/α,β-unsaturated/α-hetero) is 1. The highest BCUT2D eigenvalue weighted by atomic mass is 16.7. The molecule has 1 fully saturated rings. The van der Waals surface area contributed by atoms with Gasteiger partial charge in [0.25, 0.3) is 5.91 Å². The second kappa shape index (κ2) is 29.5. The molecule has 20 nitrogen and oxygen atoms in total. The number of nitrogens with zero attached hydrogens (tertiary/aromatic N) is 2. The Morgan fingerprint density at radius 2 is 1.51 bits per heavy atom. The first-order valence-electron chi connectivity index (χ1n) is 29.0. The van der Waals surface area contributed by atoms with Crippen molar-refractivity contribution in [3.63, 3.8) is 0 Å². The van der Waals surface area contributed by atoms with Gasteiger partial charge in [0.15, 0.2) is 23.6 Å². The number of rotatable bonds is 28. The van der Waals surface area contributed by atoms with Gasteiger partial charge >= 0.3 is 0 Å². The van der Waals surface area contributed by atoms with E-state index in [9.17, 15) is 44.7 Å². The number of amides is 1. The average molecular weight is 1190 g/mol. The van der Waals surface area contributed by atoms with Crippen molar-refractivity contribution in [3.05, 3.63) is 189 Å². The number of ether oxygens (including phenoxy) is 6. The van der Waals surface area contributed by atoms with E-state index in [0.29, 0.717) is 56.2 Å². The van der Waals surface area contributed by atoms with Gasteiger partial charge in [0.1, 0.15) is 48.4 Å². The van der Waals surface area contributed by atoms with E-state index in [4.69, 9.17) is 33.3 Å². The number of hydrogen-bond donors (Lipinski definition) is 7. The summed E-state index contributed by atoms with van der Waals surface area (Å²) < 4.78 is 35.4.